The topological polar surface area (TPSA) is 54.3 Å². The van der Waals surface area contributed by atoms with E-state index in [1.165, 1.54) is 18.5 Å². The monoisotopic (exact) mass is 208 g/mol. The Kier molecular flexibility index (Phi) is 4.12. The number of nitrogens with one attached hydrogen (secondary N) is 1. The zero-order chi connectivity index (χ0) is 11.3. The van der Waals surface area contributed by atoms with Gasteiger partial charge < -0.3 is 10.5 Å². The van der Waals surface area contributed by atoms with Gasteiger partial charge in [0.2, 0.25) is 0 Å². The molecule has 0 saturated carbocycles. The summed E-state index contributed by atoms with van der Waals surface area (Å²) in [4.78, 5) is 11.3. The summed E-state index contributed by atoms with van der Waals surface area (Å²) in [6, 6.07) is 1.71. The Bertz CT molecular complexity index is 396. The molecule has 0 aliphatic rings. The van der Waals surface area contributed by atoms with Crippen LogP contribution in [0.1, 0.15) is 18.9 Å². The van der Waals surface area contributed by atoms with Gasteiger partial charge in [-0.15, -0.1) is 0 Å². The predicted octanol–water partition coefficient (Wildman–Crippen LogP) is 1.10. The first-order valence-electron chi connectivity index (χ1n) is 4.89. The third-order valence-corrected chi connectivity index (χ3v) is 2.21. The van der Waals surface area contributed by atoms with Gasteiger partial charge in [0.1, 0.15) is 0 Å². The second-order valence-electron chi connectivity index (χ2n) is 3.47. The molecule has 82 valence electrons. The van der Waals surface area contributed by atoms with Crippen molar-refractivity contribution in [2.75, 3.05) is 7.05 Å². The van der Waals surface area contributed by atoms with E-state index in [4.69, 9.17) is 5.21 Å². The first-order chi connectivity index (χ1) is 7.13. The van der Waals surface area contributed by atoms with Crippen LogP contribution in [0.25, 0.3) is 6.08 Å². The average Bonchev–Trinajstić information content (AvgIpc) is 2.23. The van der Waals surface area contributed by atoms with Crippen LogP contribution in [0.4, 0.5) is 0 Å². The van der Waals surface area contributed by atoms with Gasteiger partial charge in [0.25, 0.3) is 0 Å². The summed E-state index contributed by atoms with van der Waals surface area (Å²) >= 11 is 0. The Balaban J connectivity index is 2.72. The molecule has 1 atom stereocenters. The van der Waals surface area contributed by atoms with E-state index in [1.807, 2.05) is 13.1 Å². The molecule has 4 heteroatoms. The van der Waals surface area contributed by atoms with Gasteiger partial charge in [-0.1, -0.05) is 12.2 Å². The van der Waals surface area contributed by atoms with Crippen LogP contribution in [0.2, 0.25) is 0 Å². The number of pyridine rings is 1. The van der Waals surface area contributed by atoms with Crippen molar-refractivity contribution in [3.63, 3.8) is 0 Å². The summed E-state index contributed by atoms with van der Waals surface area (Å²) in [5, 5.41) is 12.2. The highest BCUT2D eigenvalue weighted by atomic mass is 16.5. The van der Waals surface area contributed by atoms with Gasteiger partial charge >= 0.3 is 0 Å². The van der Waals surface area contributed by atoms with Crippen LogP contribution in [0.15, 0.2) is 29.3 Å². The fraction of sp³-hybridized carbons (Fsp3) is 0.364. The summed E-state index contributed by atoms with van der Waals surface area (Å²) in [6.45, 7) is 2.06. The summed E-state index contributed by atoms with van der Waals surface area (Å²) in [5.74, 6) is 0. The number of nitrogens with zero attached hydrogens (tertiary/aromatic N) is 1. The highest BCUT2D eigenvalue weighted by Crippen LogP contribution is 1.98. The Hall–Kier alpha value is -1.55. The van der Waals surface area contributed by atoms with Crippen LogP contribution in [-0.4, -0.2) is 23.0 Å². The molecule has 0 unspecified atom stereocenters. The third-order valence-electron chi connectivity index (χ3n) is 2.21. The van der Waals surface area contributed by atoms with Crippen LogP contribution in [-0.2, 0) is 0 Å². The summed E-state index contributed by atoms with van der Waals surface area (Å²) < 4.78 is 0.878. The summed E-state index contributed by atoms with van der Waals surface area (Å²) in [7, 11) is 1.89. The molecule has 0 amide bonds. The number of hydrogen-bond acceptors (Lipinski definition) is 3. The fourth-order valence-corrected chi connectivity index (χ4v) is 1.13. The Morgan fingerprint density at radius 3 is 3.07 bits per heavy atom. The maximum Gasteiger partial charge on any atom is 0.189 e. The molecule has 0 fully saturated rings. The highest BCUT2D eigenvalue weighted by Gasteiger charge is 1.96. The molecule has 1 rings (SSSR count). The number of hydrogen-bond donors (Lipinski definition) is 2. The van der Waals surface area contributed by atoms with Crippen molar-refractivity contribution in [2.24, 2.45) is 0 Å². The zero-order valence-corrected chi connectivity index (χ0v) is 8.97. The largest absolute Gasteiger partial charge is 0.429 e. The lowest BCUT2D eigenvalue weighted by Crippen LogP contribution is -2.19. The highest BCUT2D eigenvalue weighted by molar-refractivity contribution is 5.47. The minimum absolute atomic E-state index is 0.0892. The fourth-order valence-electron chi connectivity index (χ4n) is 1.13. The summed E-state index contributed by atoms with van der Waals surface area (Å²) in [5.41, 5.74) is 0.400. The van der Waals surface area contributed by atoms with E-state index in [-0.39, 0.29) is 5.43 Å². The standard InChI is InChI=1S/C11H16N2O2/c1-9(12-2)4-3-5-10-8-13(15)7-6-11(10)14/h3,5-9,12,15H,4H2,1-2H3/b5-3+/t9-/m0/s1. The number of rotatable bonds is 4. The minimum atomic E-state index is -0.0892. The summed E-state index contributed by atoms with van der Waals surface area (Å²) in [6.07, 6.45) is 7.19. The van der Waals surface area contributed by atoms with Crippen molar-refractivity contribution >= 4 is 6.08 Å². The Morgan fingerprint density at radius 1 is 1.67 bits per heavy atom. The molecule has 15 heavy (non-hydrogen) atoms. The van der Waals surface area contributed by atoms with Crippen molar-refractivity contribution in [1.82, 2.24) is 10.0 Å². The van der Waals surface area contributed by atoms with Crippen molar-refractivity contribution in [1.29, 1.82) is 0 Å². The van der Waals surface area contributed by atoms with E-state index in [9.17, 15) is 4.79 Å². The molecule has 0 aliphatic carbocycles. The van der Waals surface area contributed by atoms with Crippen LogP contribution < -0.4 is 10.7 Å². The van der Waals surface area contributed by atoms with Gasteiger partial charge in [-0.25, -0.2) is 4.73 Å². The molecule has 1 aromatic heterocycles. The zero-order valence-electron chi connectivity index (χ0n) is 8.97. The molecule has 2 N–H and O–H groups in total. The first-order valence-corrected chi connectivity index (χ1v) is 4.89. The van der Waals surface area contributed by atoms with Crippen molar-refractivity contribution < 1.29 is 5.21 Å². The quantitative estimate of drug-likeness (QED) is 0.728. The molecule has 0 aliphatic heterocycles. The molecular formula is C11H16N2O2. The maximum absolute atomic E-state index is 11.3. The molecule has 4 nitrogen and oxygen atoms in total. The lowest BCUT2D eigenvalue weighted by molar-refractivity contribution is 0.184. The second-order valence-corrected chi connectivity index (χ2v) is 3.47. The van der Waals surface area contributed by atoms with E-state index < -0.39 is 0 Å². The molecule has 0 radical (unpaired) electrons. The molecule has 0 aromatic carbocycles. The van der Waals surface area contributed by atoms with E-state index in [0.717, 1.165) is 11.2 Å². The van der Waals surface area contributed by atoms with E-state index in [1.54, 1.807) is 6.08 Å². The molecule has 0 spiro atoms. The third kappa shape index (κ3) is 3.59. The molecule has 1 aromatic rings. The van der Waals surface area contributed by atoms with Gasteiger partial charge in [-0.3, -0.25) is 4.79 Å². The maximum atomic E-state index is 11.3. The lowest BCUT2D eigenvalue weighted by atomic mass is 10.2. The van der Waals surface area contributed by atoms with Crippen molar-refractivity contribution in [3.8, 4) is 0 Å². The van der Waals surface area contributed by atoms with E-state index in [2.05, 4.69) is 12.2 Å². The van der Waals surface area contributed by atoms with Gasteiger partial charge in [0.05, 0.1) is 6.20 Å². The van der Waals surface area contributed by atoms with Crippen LogP contribution in [0, 0.1) is 0 Å². The molecule has 0 saturated heterocycles. The Morgan fingerprint density at radius 2 is 2.40 bits per heavy atom. The van der Waals surface area contributed by atoms with Gasteiger partial charge in [0.15, 0.2) is 5.43 Å². The van der Waals surface area contributed by atoms with Crippen molar-refractivity contribution in [3.05, 3.63) is 40.3 Å². The molecule has 1 heterocycles. The smallest absolute Gasteiger partial charge is 0.189 e. The Labute approximate surface area is 88.8 Å². The normalized spacial score (nSPS) is 13.2. The minimum Gasteiger partial charge on any atom is -0.429 e. The number of aromatic nitrogens is 1. The first kappa shape index (κ1) is 11.5. The molecule has 0 bridgehead atoms. The van der Waals surface area contributed by atoms with Crippen LogP contribution in [0.3, 0.4) is 0 Å². The van der Waals surface area contributed by atoms with Gasteiger partial charge in [-0.05, 0) is 20.4 Å². The van der Waals surface area contributed by atoms with E-state index >= 15 is 0 Å². The molecular weight excluding hydrogens is 192 g/mol. The van der Waals surface area contributed by atoms with Crippen LogP contribution in [0.5, 0.6) is 0 Å². The van der Waals surface area contributed by atoms with Crippen molar-refractivity contribution in [2.45, 2.75) is 19.4 Å². The SMILES string of the molecule is CN[C@@H](C)C/C=C/c1cn(O)ccc1=O. The van der Waals surface area contributed by atoms with E-state index in [0.29, 0.717) is 11.6 Å². The lowest BCUT2D eigenvalue weighted by Gasteiger charge is -2.04. The van der Waals surface area contributed by atoms with Gasteiger partial charge in [0, 0.05) is 23.9 Å². The van der Waals surface area contributed by atoms with Gasteiger partial charge in [-0.2, -0.15) is 0 Å². The van der Waals surface area contributed by atoms with Crippen LogP contribution >= 0.6 is 0 Å². The predicted molar refractivity (Wildman–Crippen MR) is 60.1 cm³/mol. The average molecular weight is 208 g/mol. The second kappa shape index (κ2) is 5.36.